The van der Waals surface area contributed by atoms with Crippen molar-refractivity contribution in [2.75, 3.05) is 6.61 Å². The van der Waals surface area contributed by atoms with Gasteiger partial charge in [0.05, 0.1) is 6.61 Å². The Balaban J connectivity index is 1.98. The molecule has 2 aliphatic rings. The van der Waals surface area contributed by atoms with Gasteiger partial charge in [0.1, 0.15) is 18.3 Å². The Labute approximate surface area is 128 Å². The number of aromatic amines is 1. The van der Waals surface area contributed by atoms with Crippen LogP contribution in [0, 0.1) is 6.92 Å². The second-order valence-electron chi connectivity index (χ2n) is 5.32. The van der Waals surface area contributed by atoms with Gasteiger partial charge in [0.25, 0.3) is 11.6 Å². The molecule has 4 N–H and O–H groups in total. The molecule has 0 bridgehead atoms. The highest BCUT2D eigenvalue weighted by atomic mass is 31.2. The van der Waals surface area contributed by atoms with Crippen LogP contribution in [0.4, 0.5) is 0 Å². The van der Waals surface area contributed by atoms with Gasteiger partial charge in [0.15, 0.2) is 6.23 Å². The molecule has 2 fully saturated rings. The fourth-order valence-electron chi connectivity index (χ4n) is 2.62. The number of rotatable bonds is 3. The molecule has 12 heteroatoms. The number of nitrogens with one attached hydrogen (secondary N) is 1. The van der Waals surface area contributed by atoms with Gasteiger partial charge in [0, 0.05) is 11.8 Å². The zero-order valence-electron chi connectivity index (χ0n) is 11.9. The lowest BCUT2D eigenvalue weighted by atomic mass is 10.1. The van der Waals surface area contributed by atoms with Gasteiger partial charge in [0.2, 0.25) is 0 Å². The van der Waals surface area contributed by atoms with Crippen LogP contribution in [0.15, 0.2) is 15.8 Å². The molecule has 128 valence electrons. The first-order chi connectivity index (χ1) is 10.7. The van der Waals surface area contributed by atoms with E-state index in [9.17, 15) is 19.3 Å². The standard InChI is InChI=1S/C11H15N2O9P/c1-4-2-13(10(16)12-8(4)15)9-7-6(5(3-14)20-9)21-11(22-7)23(17,18)19/h2,5-7,9,11,14H,3H2,1H3,(H,12,15,16)(H2,17,18,19)/t5-,6-,7-,9-,11?/m1/s1. The van der Waals surface area contributed by atoms with Gasteiger partial charge in [-0.1, -0.05) is 0 Å². The third kappa shape index (κ3) is 2.81. The fourth-order valence-corrected chi connectivity index (χ4v) is 3.22. The maximum atomic E-state index is 12.0. The largest absolute Gasteiger partial charge is 0.394 e. The van der Waals surface area contributed by atoms with E-state index >= 15 is 0 Å². The van der Waals surface area contributed by atoms with Crippen LogP contribution in [0.5, 0.6) is 0 Å². The molecule has 3 heterocycles. The maximum Gasteiger partial charge on any atom is 0.381 e. The number of aryl methyl sites for hydroxylation is 1. The monoisotopic (exact) mass is 350 g/mol. The first-order valence-corrected chi connectivity index (χ1v) is 8.35. The Hall–Kier alpha value is -1.33. The zero-order valence-corrected chi connectivity index (χ0v) is 12.8. The lowest BCUT2D eigenvalue weighted by Gasteiger charge is -2.21. The summed E-state index contributed by atoms with van der Waals surface area (Å²) in [4.78, 5) is 43.8. The predicted molar refractivity (Wildman–Crippen MR) is 72.6 cm³/mol. The molecule has 0 spiro atoms. The van der Waals surface area contributed by atoms with Crippen molar-refractivity contribution < 1.29 is 33.7 Å². The summed E-state index contributed by atoms with van der Waals surface area (Å²) in [5.74, 6) is 0. The van der Waals surface area contributed by atoms with E-state index in [0.29, 0.717) is 0 Å². The van der Waals surface area contributed by atoms with E-state index in [2.05, 4.69) is 4.98 Å². The molecule has 3 rings (SSSR count). The Morgan fingerprint density at radius 3 is 2.52 bits per heavy atom. The molecule has 1 aromatic rings. The Morgan fingerprint density at radius 2 is 1.91 bits per heavy atom. The van der Waals surface area contributed by atoms with Crippen molar-refractivity contribution in [2.24, 2.45) is 0 Å². The van der Waals surface area contributed by atoms with Gasteiger partial charge >= 0.3 is 13.3 Å². The highest BCUT2D eigenvalue weighted by molar-refractivity contribution is 7.52. The Morgan fingerprint density at radius 1 is 1.26 bits per heavy atom. The molecule has 0 saturated carbocycles. The number of aliphatic hydroxyl groups excluding tert-OH is 1. The molecule has 5 atom stereocenters. The highest BCUT2D eigenvalue weighted by Crippen LogP contribution is 2.51. The summed E-state index contributed by atoms with van der Waals surface area (Å²) in [6.07, 6.45) is -2.76. The molecular formula is C11H15N2O9P. The van der Waals surface area contributed by atoms with E-state index in [1.54, 1.807) is 0 Å². The molecule has 11 nitrogen and oxygen atoms in total. The third-order valence-corrected chi connectivity index (χ3v) is 4.50. The maximum absolute atomic E-state index is 12.0. The summed E-state index contributed by atoms with van der Waals surface area (Å²) in [6, 6.07) is -1.79. The SMILES string of the molecule is Cc1cn([C@@H]2O[C@H](CO)[C@H]3OC(P(=O)(O)O)O[C@H]32)c(=O)[nH]c1=O. The van der Waals surface area contributed by atoms with E-state index in [1.807, 2.05) is 0 Å². The van der Waals surface area contributed by atoms with Crippen molar-refractivity contribution in [3.05, 3.63) is 32.6 Å². The molecule has 2 saturated heterocycles. The van der Waals surface area contributed by atoms with Gasteiger partial charge in [-0.25, -0.2) is 4.79 Å². The third-order valence-electron chi connectivity index (χ3n) is 3.71. The number of H-pyrrole nitrogens is 1. The molecule has 0 amide bonds. The van der Waals surface area contributed by atoms with Gasteiger partial charge in [-0.2, -0.15) is 0 Å². The van der Waals surface area contributed by atoms with Crippen LogP contribution in [0.1, 0.15) is 11.8 Å². The first kappa shape index (κ1) is 16.5. The summed E-state index contributed by atoms with van der Waals surface area (Å²) >= 11 is 0. The minimum atomic E-state index is -4.68. The number of fused-ring (bicyclic) bond motifs is 1. The minimum absolute atomic E-state index is 0.239. The van der Waals surface area contributed by atoms with Crippen molar-refractivity contribution in [1.29, 1.82) is 0 Å². The summed E-state index contributed by atoms with van der Waals surface area (Å²) in [6.45, 7) is 0.987. The van der Waals surface area contributed by atoms with E-state index in [1.165, 1.54) is 13.1 Å². The van der Waals surface area contributed by atoms with Crippen LogP contribution < -0.4 is 11.2 Å². The van der Waals surface area contributed by atoms with Crippen LogP contribution in [0.25, 0.3) is 0 Å². The molecule has 1 unspecified atom stereocenters. The zero-order chi connectivity index (χ0) is 16.9. The van der Waals surface area contributed by atoms with Crippen molar-refractivity contribution >= 4 is 7.60 Å². The molecule has 0 aromatic carbocycles. The number of ether oxygens (including phenoxy) is 3. The van der Waals surface area contributed by atoms with Crippen molar-refractivity contribution in [3.8, 4) is 0 Å². The topological polar surface area (TPSA) is 160 Å². The van der Waals surface area contributed by atoms with Crippen LogP contribution in [0.3, 0.4) is 0 Å². The van der Waals surface area contributed by atoms with Gasteiger partial charge < -0.3 is 29.1 Å². The Kier molecular flexibility index (Phi) is 4.05. The van der Waals surface area contributed by atoms with Crippen LogP contribution >= 0.6 is 7.60 Å². The van der Waals surface area contributed by atoms with E-state index in [0.717, 1.165) is 4.57 Å². The lowest BCUT2D eigenvalue weighted by Crippen LogP contribution is -2.37. The number of hydrogen-bond donors (Lipinski definition) is 4. The van der Waals surface area contributed by atoms with Crippen LogP contribution in [-0.2, 0) is 18.8 Å². The van der Waals surface area contributed by atoms with Gasteiger partial charge in [-0.15, -0.1) is 0 Å². The van der Waals surface area contributed by atoms with Crippen LogP contribution in [-0.4, -0.2) is 55.4 Å². The Bertz CT molecular complexity index is 767. The minimum Gasteiger partial charge on any atom is -0.394 e. The van der Waals surface area contributed by atoms with E-state index in [-0.39, 0.29) is 5.56 Å². The van der Waals surface area contributed by atoms with E-state index < -0.39 is 56.0 Å². The molecule has 1 aromatic heterocycles. The average molecular weight is 350 g/mol. The molecular weight excluding hydrogens is 335 g/mol. The lowest BCUT2D eigenvalue weighted by molar-refractivity contribution is -0.130. The van der Waals surface area contributed by atoms with Crippen molar-refractivity contribution in [2.45, 2.75) is 37.5 Å². The number of aliphatic hydroxyl groups is 1. The summed E-state index contributed by atoms with van der Waals surface area (Å²) < 4.78 is 28.2. The van der Waals surface area contributed by atoms with Gasteiger partial charge in [-0.3, -0.25) is 18.9 Å². The quantitative estimate of drug-likeness (QED) is 0.451. The van der Waals surface area contributed by atoms with Crippen LogP contribution in [0.2, 0.25) is 0 Å². The van der Waals surface area contributed by atoms with Gasteiger partial charge in [-0.05, 0) is 6.92 Å². The average Bonchev–Trinajstić information content (AvgIpc) is 3.01. The molecule has 0 radical (unpaired) electrons. The summed E-state index contributed by atoms with van der Waals surface area (Å²) in [5.41, 5.74) is -1.09. The molecule has 0 aliphatic carbocycles. The number of aromatic nitrogens is 2. The smallest absolute Gasteiger partial charge is 0.381 e. The molecule has 2 aliphatic heterocycles. The number of nitrogens with zero attached hydrogens (tertiary/aromatic N) is 1. The first-order valence-electron chi connectivity index (χ1n) is 6.67. The van der Waals surface area contributed by atoms with Crippen molar-refractivity contribution in [1.82, 2.24) is 9.55 Å². The second kappa shape index (κ2) is 5.64. The highest BCUT2D eigenvalue weighted by Gasteiger charge is 2.57. The normalized spacial score (nSPS) is 33.8. The van der Waals surface area contributed by atoms with Crippen molar-refractivity contribution in [3.63, 3.8) is 0 Å². The molecule has 23 heavy (non-hydrogen) atoms. The second-order valence-corrected chi connectivity index (χ2v) is 6.92. The summed E-state index contributed by atoms with van der Waals surface area (Å²) in [7, 11) is -4.68. The fraction of sp³-hybridized carbons (Fsp3) is 0.636. The summed E-state index contributed by atoms with van der Waals surface area (Å²) in [5, 5.41) is 9.34. The van der Waals surface area contributed by atoms with E-state index in [4.69, 9.17) is 24.0 Å². The number of hydrogen-bond acceptors (Lipinski definition) is 7. The predicted octanol–water partition coefficient (Wildman–Crippen LogP) is -2.02.